The molecule has 4 rings (SSSR count). The van der Waals surface area contributed by atoms with Gasteiger partial charge in [0.25, 0.3) is 15.9 Å². The highest BCUT2D eigenvalue weighted by atomic mass is 32.2. The summed E-state index contributed by atoms with van der Waals surface area (Å²) in [6.07, 6.45) is 1.46. The number of nitrogens with zero attached hydrogens (tertiary/aromatic N) is 1. The third-order valence-corrected chi connectivity index (χ3v) is 6.92. The van der Waals surface area contributed by atoms with Crippen LogP contribution in [0, 0.1) is 0 Å². The van der Waals surface area contributed by atoms with Crippen LogP contribution in [0.4, 0.5) is 11.4 Å². The second-order valence-electron chi connectivity index (χ2n) is 7.02. The third kappa shape index (κ3) is 3.89. The maximum Gasteiger partial charge on any atom is 0.264 e. The molecule has 1 amide bonds. The van der Waals surface area contributed by atoms with Crippen LogP contribution in [-0.2, 0) is 16.4 Å². The van der Waals surface area contributed by atoms with Gasteiger partial charge in [0.15, 0.2) is 0 Å². The Morgan fingerprint density at radius 3 is 2.43 bits per heavy atom. The van der Waals surface area contributed by atoms with Gasteiger partial charge in [0.1, 0.15) is 5.75 Å². The fourth-order valence-electron chi connectivity index (χ4n) is 3.56. The van der Waals surface area contributed by atoms with Crippen LogP contribution in [0.15, 0.2) is 77.7 Å². The molecule has 0 aliphatic carbocycles. The molecule has 0 aromatic heterocycles. The van der Waals surface area contributed by atoms with E-state index >= 15 is 0 Å². The summed E-state index contributed by atoms with van der Waals surface area (Å²) in [5, 5.41) is 2.89. The number of aryl methyl sites for hydroxylation is 1. The molecule has 3 aromatic carbocycles. The van der Waals surface area contributed by atoms with Gasteiger partial charge in [-0.05, 0) is 73.0 Å². The zero-order valence-corrected chi connectivity index (χ0v) is 17.4. The third-order valence-electron chi connectivity index (χ3n) is 5.10. The van der Waals surface area contributed by atoms with Crippen molar-refractivity contribution < 1.29 is 17.9 Å². The zero-order valence-electron chi connectivity index (χ0n) is 16.5. The molecule has 0 radical (unpaired) electrons. The van der Waals surface area contributed by atoms with Crippen LogP contribution < -0.4 is 14.4 Å². The van der Waals surface area contributed by atoms with Crippen LogP contribution in [0.2, 0.25) is 0 Å². The van der Waals surface area contributed by atoms with Gasteiger partial charge in [0.05, 0.1) is 17.7 Å². The minimum atomic E-state index is -3.69. The van der Waals surface area contributed by atoms with Crippen molar-refractivity contribution in [3.63, 3.8) is 0 Å². The first-order valence-corrected chi connectivity index (χ1v) is 11.1. The van der Waals surface area contributed by atoms with Crippen molar-refractivity contribution in [2.45, 2.75) is 17.7 Å². The Labute approximate surface area is 176 Å². The van der Waals surface area contributed by atoms with Crippen LogP contribution in [0.3, 0.4) is 0 Å². The molecule has 0 unspecified atom stereocenters. The van der Waals surface area contributed by atoms with Gasteiger partial charge in [0.2, 0.25) is 0 Å². The van der Waals surface area contributed by atoms with E-state index in [1.807, 2.05) is 24.3 Å². The van der Waals surface area contributed by atoms with E-state index in [9.17, 15) is 13.2 Å². The Morgan fingerprint density at radius 1 is 1.00 bits per heavy atom. The number of hydrogen-bond acceptors (Lipinski definition) is 4. The molecule has 7 heteroatoms. The maximum atomic E-state index is 13.2. The summed E-state index contributed by atoms with van der Waals surface area (Å²) in [5.41, 5.74) is 2.75. The fraction of sp³-hybridized carbons (Fsp3) is 0.174. The standard InChI is InChI=1S/C23H22N2O4S/c1-29-20-10-12-21(13-11-20)30(27,28)25-15-5-8-18-16-19(9-14-22(18)25)24-23(26)17-6-3-2-4-7-17/h2-4,6-7,9-14,16H,5,8,15H2,1H3,(H,24,26). The first-order chi connectivity index (χ1) is 14.5. The van der Waals surface area contributed by atoms with E-state index in [4.69, 9.17) is 4.74 Å². The van der Waals surface area contributed by atoms with E-state index in [0.29, 0.717) is 35.7 Å². The van der Waals surface area contributed by atoms with Gasteiger partial charge < -0.3 is 10.1 Å². The van der Waals surface area contributed by atoms with Crippen LogP contribution in [0.5, 0.6) is 5.75 Å². The Morgan fingerprint density at radius 2 is 1.73 bits per heavy atom. The van der Waals surface area contributed by atoms with Crippen LogP contribution in [0.25, 0.3) is 0 Å². The molecule has 30 heavy (non-hydrogen) atoms. The predicted molar refractivity (Wildman–Crippen MR) is 117 cm³/mol. The largest absolute Gasteiger partial charge is 0.497 e. The lowest BCUT2D eigenvalue weighted by Gasteiger charge is -2.31. The molecule has 154 valence electrons. The Kier molecular flexibility index (Phi) is 5.46. The number of anilines is 2. The molecule has 0 fully saturated rings. The highest BCUT2D eigenvalue weighted by Gasteiger charge is 2.29. The summed E-state index contributed by atoms with van der Waals surface area (Å²) in [7, 11) is -2.15. The van der Waals surface area contributed by atoms with Gasteiger partial charge in [-0.2, -0.15) is 0 Å². The lowest BCUT2D eigenvalue weighted by molar-refractivity contribution is 0.102. The molecular formula is C23H22N2O4S. The topological polar surface area (TPSA) is 75.7 Å². The quantitative estimate of drug-likeness (QED) is 0.672. The Hall–Kier alpha value is -3.32. The number of hydrogen-bond donors (Lipinski definition) is 1. The summed E-state index contributed by atoms with van der Waals surface area (Å²) < 4.78 is 33.0. The molecule has 1 aliphatic heterocycles. The lowest BCUT2D eigenvalue weighted by Crippen LogP contribution is -2.35. The first-order valence-electron chi connectivity index (χ1n) is 9.65. The number of carbonyl (C=O) groups is 1. The normalized spacial score (nSPS) is 13.4. The van der Waals surface area contributed by atoms with Gasteiger partial charge in [0, 0.05) is 17.8 Å². The van der Waals surface area contributed by atoms with Gasteiger partial charge in [-0.25, -0.2) is 8.42 Å². The number of ether oxygens (including phenoxy) is 1. The van der Waals surface area contributed by atoms with Crippen molar-refractivity contribution in [3.8, 4) is 5.75 Å². The summed E-state index contributed by atoms with van der Waals surface area (Å²) in [6, 6.07) is 20.7. The average Bonchev–Trinajstić information content (AvgIpc) is 2.79. The summed E-state index contributed by atoms with van der Waals surface area (Å²) in [4.78, 5) is 12.6. The van der Waals surface area contributed by atoms with Gasteiger partial charge in [-0.1, -0.05) is 18.2 Å². The van der Waals surface area contributed by atoms with Crippen molar-refractivity contribution >= 4 is 27.3 Å². The second kappa shape index (κ2) is 8.20. The highest BCUT2D eigenvalue weighted by Crippen LogP contribution is 2.34. The first kappa shape index (κ1) is 20.0. The number of rotatable bonds is 5. The van der Waals surface area contributed by atoms with E-state index in [-0.39, 0.29) is 10.8 Å². The molecule has 0 spiro atoms. The SMILES string of the molecule is COc1ccc(S(=O)(=O)N2CCCc3cc(NC(=O)c4ccccc4)ccc32)cc1. The van der Waals surface area contributed by atoms with Crippen LogP contribution in [0.1, 0.15) is 22.3 Å². The van der Waals surface area contributed by atoms with Crippen molar-refractivity contribution in [3.05, 3.63) is 83.9 Å². The fourth-order valence-corrected chi connectivity index (χ4v) is 5.10. The Bertz CT molecular complexity index is 1160. The lowest BCUT2D eigenvalue weighted by atomic mass is 10.0. The molecule has 0 saturated carbocycles. The predicted octanol–water partition coefficient (Wildman–Crippen LogP) is 4.09. The minimum Gasteiger partial charge on any atom is -0.497 e. The molecule has 6 nitrogen and oxygen atoms in total. The highest BCUT2D eigenvalue weighted by molar-refractivity contribution is 7.92. The number of methoxy groups -OCH3 is 1. The smallest absolute Gasteiger partial charge is 0.264 e. The molecule has 3 aromatic rings. The molecular weight excluding hydrogens is 400 g/mol. The monoisotopic (exact) mass is 422 g/mol. The summed E-state index contributed by atoms with van der Waals surface area (Å²) in [6.45, 7) is 0.414. The van der Waals surface area contributed by atoms with E-state index < -0.39 is 10.0 Å². The van der Waals surface area contributed by atoms with Crippen LogP contribution in [-0.4, -0.2) is 28.0 Å². The van der Waals surface area contributed by atoms with Crippen molar-refractivity contribution in [1.82, 2.24) is 0 Å². The van der Waals surface area contributed by atoms with E-state index in [1.165, 1.54) is 4.31 Å². The van der Waals surface area contributed by atoms with Gasteiger partial charge in [-0.15, -0.1) is 0 Å². The zero-order chi connectivity index (χ0) is 21.1. The summed E-state index contributed by atoms with van der Waals surface area (Å²) >= 11 is 0. The second-order valence-corrected chi connectivity index (χ2v) is 8.88. The number of sulfonamides is 1. The van der Waals surface area contributed by atoms with Gasteiger partial charge >= 0.3 is 0 Å². The molecule has 1 N–H and O–H groups in total. The van der Waals surface area contributed by atoms with E-state index in [0.717, 1.165) is 12.0 Å². The minimum absolute atomic E-state index is 0.200. The number of benzene rings is 3. The van der Waals surface area contributed by atoms with Crippen LogP contribution >= 0.6 is 0 Å². The molecule has 0 atom stereocenters. The molecule has 0 bridgehead atoms. The summed E-state index contributed by atoms with van der Waals surface area (Å²) in [5.74, 6) is 0.404. The van der Waals surface area contributed by atoms with Crippen molar-refractivity contribution in [2.24, 2.45) is 0 Å². The number of nitrogens with one attached hydrogen (secondary N) is 1. The van der Waals surface area contributed by atoms with Crippen molar-refractivity contribution in [1.29, 1.82) is 0 Å². The van der Waals surface area contributed by atoms with Crippen molar-refractivity contribution in [2.75, 3.05) is 23.3 Å². The molecule has 1 aliphatic rings. The molecule has 1 heterocycles. The molecule has 0 saturated heterocycles. The van der Waals surface area contributed by atoms with Gasteiger partial charge in [-0.3, -0.25) is 9.10 Å². The number of fused-ring (bicyclic) bond motifs is 1. The van der Waals surface area contributed by atoms with E-state index in [2.05, 4.69) is 5.32 Å². The maximum absolute atomic E-state index is 13.2. The Balaban J connectivity index is 1.60. The number of carbonyl (C=O) groups excluding carboxylic acids is 1. The number of amides is 1. The van der Waals surface area contributed by atoms with E-state index in [1.54, 1.807) is 55.6 Å². The average molecular weight is 423 g/mol.